The fourth-order valence-corrected chi connectivity index (χ4v) is 2.89. The Morgan fingerprint density at radius 3 is 2.80 bits per heavy atom. The minimum absolute atomic E-state index is 0.0295. The fourth-order valence-electron chi connectivity index (χ4n) is 2.21. The lowest BCUT2D eigenvalue weighted by atomic mass is 10.1. The Morgan fingerprint density at radius 1 is 1.40 bits per heavy atom. The predicted octanol–water partition coefficient (Wildman–Crippen LogP) is 2.98. The van der Waals surface area contributed by atoms with Gasteiger partial charge >= 0.3 is 0 Å². The molecule has 1 heterocycles. The highest BCUT2D eigenvalue weighted by Crippen LogP contribution is 2.48. The van der Waals surface area contributed by atoms with Gasteiger partial charge in [0, 0.05) is 5.92 Å². The number of hydrogen-bond acceptors (Lipinski definition) is 4. The number of rotatable bonds is 4. The van der Waals surface area contributed by atoms with Crippen molar-refractivity contribution >= 4 is 22.4 Å². The van der Waals surface area contributed by atoms with Crippen LogP contribution in [-0.4, -0.2) is 16.1 Å². The van der Waals surface area contributed by atoms with E-state index >= 15 is 0 Å². The number of carbonyl (C=O) groups is 1. The van der Waals surface area contributed by atoms with Crippen molar-refractivity contribution in [3.8, 4) is 0 Å². The number of aryl methyl sites for hydroxylation is 1. The molecule has 0 saturated heterocycles. The molecule has 1 aliphatic rings. The van der Waals surface area contributed by atoms with Gasteiger partial charge in [-0.05, 0) is 36.5 Å². The lowest BCUT2D eigenvalue weighted by Crippen LogP contribution is -2.14. The first-order valence-electron chi connectivity index (χ1n) is 6.56. The van der Waals surface area contributed by atoms with Crippen molar-refractivity contribution in [2.75, 3.05) is 5.32 Å². The molecule has 1 fully saturated rings. The van der Waals surface area contributed by atoms with Gasteiger partial charge in [-0.2, -0.15) is 0 Å². The van der Waals surface area contributed by atoms with Crippen LogP contribution >= 0.6 is 11.3 Å². The van der Waals surface area contributed by atoms with Gasteiger partial charge in [0.25, 0.3) is 0 Å². The van der Waals surface area contributed by atoms with Crippen molar-refractivity contribution < 1.29 is 9.18 Å². The summed E-state index contributed by atoms with van der Waals surface area (Å²) >= 11 is 1.40. The van der Waals surface area contributed by atoms with Crippen LogP contribution in [0.15, 0.2) is 24.3 Å². The molecule has 4 nitrogen and oxygen atoms in total. The van der Waals surface area contributed by atoms with Crippen LogP contribution in [0.1, 0.15) is 29.8 Å². The van der Waals surface area contributed by atoms with E-state index in [0.29, 0.717) is 5.13 Å². The van der Waals surface area contributed by atoms with Crippen LogP contribution < -0.4 is 5.32 Å². The van der Waals surface area contributed by atoms with E-state index in [-0.39, 0.29) is 23.6 Å². The zero-order valence-corrected chi connectivity index (χ0v) is 11.8. The Bertz CT molecular complexity index is 626. The number of halogens is 1. The first kappa shape index (κ1) is 13.2. The normalized spacial score (nSPS) is 20.7. The summed E-state index contributed by atoms with van der Waals surface area (Å²) in [6.07, 6.45) is 1.62. The highest BCUT2D eigenvalue weighted by Gasteiger charge is 2.44. The SMILES string of the molecule is CCc1nnc(NC(=O)[C@@H]2C[C@@H]2c2ccc(F)cc2)s1. The van der Waals surface area contributed by atoms with Crippen molar-refractivity contribution in [1.82, 2.24) is 10.2 Å². The molecule has 0 spiro atoms. The lowest BCUT2D eigenvalue weighted by molar-refractivity contribution is -0.117. The molecular weight excluding hydrogens is 277 g/mol. The van der Waals surface area contributed by atoms with Gasteiger partial charge in [0.05, 0.1) is 0 Å². The average molecular weight is 291 g/mol. The van der Waals surface area contributed by atoms with E-state index in [1.807, 2.05) is 6.92 Å². The lowest BCUT2D eigenvalue weighted by Gasteiger charge is -2.01. The minimum Gasteiger partial charge on any atom is -0.300 e. The molecule has 0 unspecified atom stereocenters. The highest BCUT2D eigenvalue weighted by molar-refractivity contribution is 7.15. The molecule has 1 aliphatic carbocycles. The molecule has 3 rings (SSSR count). The van der Waals surface area contributed by atoms with Crippen molar-refractivity contribution in [3.05, 3.63) is 40.7 Å². The molecule has 1 aromatic carbocycles. The predicted molar refractivity (Wildman–Crippen MR) is 75.2 cm³/mol. The molecule has 1 saturated carbocycles. The summed E-state index contributed by atoms with van der Waals surface area (Å²) in [5.41, 5.74) is 1.01. The molecule has 20 heavy (non-hydrogen) atoms. The van der Waals surface area contributed by atoms with Gasteiger partial charge < -0.3 is 5.32 Å². The third-order valence-corrected chi connectivity index (χ3v) is 4.41. The summed E-state index contributed by atoms with van der Waals surface area (Å²) in [4.78, 5) is 12.1. The number of carbonyl (C=O) groups excluding carboxylic acids is 1. The number of amides is 1. The van der Waals surface area contributed by atoms with Crippen molar-refractivity contribution in [3.63, 3.8) is 0 Å². The zero-order valence-electron chi connectivity index (χ0n) is 11.0. The molecule has 6 heteroatoms. The van der Waals surface area contributed by atoms with Gasteiger partial charge in [-0.1, -0.05) is 30.4 Å². The quantitative estimate of drug-likeness (QED) is 0.942. The molecule has 0 bridgehead atoms. The second-order valence-electron chi connectivity index (χ2n) is 4.84. The number of hydrogen-bond donors (Lipinski definition) is 1. The number of benzene rings is 1. The van der Waals surface area contributed by atoms with E-state index in [2.05, 4.69) is 15.5 Å². The molecule has 2 aromatic rings. The smallest absolute Gasteiger partial charge is 0.229 e. The summed E-state index contributed by atoms with van der Waals surface area (Å²) in [5, 5.41) is 12.2. The van der Waals surface area contributed by atoms with Gasteiger partial charge in [-0.15, -0.1) is 10.2 Å². The van der Waals surface area contributed by atoms with Gasteiger partial charge in [-0.3, -0.25) is 4.79 Å². The number of anilines is 1. The third-order valence-electron chi connectivity index (χ3n) is 3.42. The van der Waals surface area contributed by atoms with Gasteiger partial charge in [0.15, 0.2) is 0 Å². The molecule has 0 radical (unpaired) electrons. The molecule has 2 atom stereocenters. The van der Waals surface area contributed by atoms with Crippen LogP contribution in [0.25, 0.3) is 0 Å². The number of nitrogens with zero attached hydrogens (tertiary/aromatic N) is 2. The van der Waals surface area contributed by atoms with Crippen LogP contribution in [-0.2, 0) is 11.2 Å². The second kappa shape index (κ2) is 5.28. The molecular formula is C14H14FN3OS. The van der Waals surface area contributed by atoms with Gasteiger partial charge in [0.2, 0.25) is 11.0 Å². The number of nitrogens with one attached hydrogen (secondary N) is 1. The maximum atomic E-state index is 12.9. The monoisotopic (exact) mass is 291 g/mol. The minimum atomic E-state index is -0.253. The van der Waals surface area contributed by atoms with Gasteiger partial charge in [-0.25, -0.2) is 4.39 Å². The summed E-state index contributed by atoms with van der Waals surface area (Å²) in [6.45, 7) is 2.00. The summed E-state index contributed by atoms with van der Waals surface area (Å²) in [6, 6.07) is 6.35. The van der Waals surface area contributed by atoms with E-state index in [0.717, 1.165) is 23.4 Å². The Labute approximate surface area is 120 Å². The standard InChI is InChI=1S/C14H14FN3OS/c1-2-12-17-18-14(20-12)16-13(19)11-7-10(11)8-3-5-9(15)6-4-8/h3-6,10-11H,2,7H2,1H3,(H,16,18,19)/t10-,11-/m1/s1. The van der Waals surface area contributed by atoms with Gasteiger partial charge in [0.1, 0.15) is 10.8 Å². The molecule has 104 valence electrons. The van der Waals surface area contributed by atoms with E-state index in [4.69, 9.17) is 0 Å². The Morgan fingerprint density at radius 2 is 2.15 bits per heavy atom. The first-order chi connectivity index (χ1) is 9.67. The topological polar surface area (TPSA) is 54.9 Å². The Kier molecular flexibility index (Phi) is 3.48. The summed E-state index contributed by atoms with van der Waals surface area (Å²) in [7, 11) is 0. The highest BCUT2D eigenvalue weighted by atomic mass is 32.1. The van der Waals surface area contributed by atoms with Crippen LogP contribution in [0.4, 0.5) is 9.52 Å². The van der Waals surface area contributed by atoms with E-state index < -0.39 is 0 Å². The average Bonchev–Trinajstić information content (AvgIpc) is 3.13. The Balaban J connectivity index is 1.61. The van der Waals surface area contributed by atoms with Crippen molar-refractivity contribution in [2.24, 2.45) is 5.92 Å². The zero-order chi connectivity index (χ0) is 14.1. The molecule has 1 amide bonds. The fraction of sp³-hybridized carbons (Fsp3) is 0.357. The largest absolute Gasteiger partial charge is 0.300 e. The van der Waals surface area contributed by atoms with Crippen LogP contribution in [0.2, 0.25) is 0 Å². The third kappa shape index (κ3) is 2.70. The van der Waals surface area contributed by atoms with Crippen LogP contribution in [0.5, 0.6) is 0 Å². The summed E-state index contributed by atoms with van der Waals surface area (Å²) in [5.74, 6) is -0.141. The molecule has 1 aromatic heterocycles. The maximum absolute atomic E-state index is 12.9. The van der Waals surface area contributed by atoms with Crippen LogP contribution in [0.3, 0.4) is 0 Å². The van der Waals surface area contributed by atoms with E-state index in [9.17, 15) is 9.18 Å². The number of aromatic nitrogens is 2. The van der Waals surface area contributed by atoms with E-state index in [1.54, 1.807) is 12.1 Å². The second-order valence-corrected chi connectivity index (χ2v) is 5.91. The maximum Gasteiger partial charge on any atom is 0.229 e. The van der Waals surface area contributed by atoms with Crippen molar-refractivity contribution in [1.29, 1.82) is 0 Å². The first-order valence-corrected chi connectivity index (χ1v) is 7.37. The molecule has 0 aliphatic heterocycles. The summed E-state index contributed by atoms with van der Waals surface area (Å²) < 4.78 is 12.9. The Hall–Kier alpha value is -1.82. The van der Waals surface area contributed by atoms with Crippen LogP contribution in [0, 0.1) is 11.7 Å². The van der Waals surface area contributed by atoms with E-state index in [1.165, 1.54) is 23.5 Å². The molecule has 1 N–H and O–H groups in total. The van der Waals surface area contributed by atoms with Crippen molar-refractivity contribution in [2.45, 2.75) is 25.7 Å².